The van der Waals surface area contributed by atoms with E-state index in [9.17, 15) is 13.2 Å². The summed E-state index contributed by atoms with van der Waals surface area (Å²) >= 11 is 0. The molecule has 22 heavy (non-hydrogen) atoms. The van der Waals surface area contributed by atoms with Gasteiger partial charge in [-0.2, -0.15) is 0 Å². The third-order valence-electron chi connectivity index (χ3n) is 3.05. The van der Waals surface area contributed by atoms with Gasteiger partial charge in [-0.1, -0.05) is 49.0 Å². The minimum Gasteiger partial charge on any atom is -0.289 e. The first kappa shape index (κ1) is 15.7. The second-order valence-electron chi connectivity index (χ2n) is 4.66. The molecule has 0 atom stereocenters. The lowest BCUT2D eigenvalue weighted by atomic mass is 10.1. The van der Waals surface area contributed by atoms with Crippen LogP contribution in [0, 0.1) is 6.57 Å². The van der Waals surface area contributed by atoms with Crippen LogP contribution in [0.4, 0.5) is 5.69 Å². The van der Waals surface area contributed by atoms with Crippen LogP contribution in [-0.4, -0.2) is 20.0 Å². The molecule has 0 saturated heterocycles. The van der Waals surface area contributed by atoms with Crippen LogP contribution in [-0.2, 0) is 9.84 Å². The molecule has 0 spiro atoms. The molecule has 2 aromatic rings. The van der Waals surface area contributed by atoms with Gasteiger partial charge in [0.1, 0.15) is 0 Å². The van der Waals surface area contributed by atoms with Crippen molar-refractivity contribution in [2.45, 2.75) is 4.90 Å². The number of nitrogens with zero attached hydrogens (tertiary/aromatic N) is 1. The highest BCUT2D eigenvalue weighted by Gasteiger charge is 2.20. The monoisotopic (exact) mass is 311 g/mol. The molecule has 0 aliphatic heterocycles. The number of ketones is 1. The Balaban J connectivity index is 2.18. The summed E-state index contributed by atoms with van der Waals surface area (Å²) in [6.07, 6.45) is 0. The molecule has 0 saturated carbocycles. The van der Waals surface area contributed by atoms with E-state index in [0.717, 1.165) is 0 Å². The van der Waals surface area contributed by atoms with Gasteiger partial charge in [0.25, 0.3) is 0 Å². The molecule has 2 rings (SSSR count). The van der Waals surface area contributed by atoms with Gasteiger partial charge in [-0.3, -0.25) is 4.79 Å². The van der Waals surface area contributed by atoms with Gasteiger partial charge in [-0.15, -0.1) is 0 Å². The molecule has 0 unspecified atom stereocenters. The SMILES string of the molecule is [C-]#[N+]c1ccc(C(=O)C(=C)CS(=O)(=O)c2ccccc2)cc1. The van der Waals surface area contributed by atoms with E-state index in [-0.39, 0.29) is 10.5 Å². The summed E-state index contributed by atoms with van der Waals surface area (Å²) in [6, 6.07) is 14.0. The maximum Gasteiger partial charge on any atom is 0.189 e. The summed E-state index contributed by atoms with van der Waals surface area (Å²) in [6.45, 7) is 10.5. The summed E-state index contributed by atoms with van der Waals surface area (Å²) in [5, 5.41) is 0. The predicted molar refractivity (Wildman–Crippen MR) is 84.7 cm³/mol. The van der Waals surface area contributed by atoms with Crippen molar-refractivity contribution >= 4 is 21.3 Å². The van der Waals surface area contributed by atoms with Crippen LogP contribution in [0.25, 0.3) is 4.85 Å². The highest BCUT2D eigenvalue weighted by Crippen LogP contribution is 2.18. The van der Waals surface area contributed by atoms with Crippen molar-refractivity contribution in [1.82, 2.24) is 0 Å². The van der Waals surface area contributed by atoms with E-state index in [0.29, 0.717) is 11.3 Å². The van der Waals surface area contributed by atoms with E-state index < -0.39 is 21.4 Å². The van der Waals surface area contributed by atoms with Crippen molar-refractivity contribution in [3.05, 3.63) is 83.7 Å². The van der Waals surface area contributed by atoms with Gasteiger partial charge < -0.3 is 0 Å². The lowest BCUT2D eigenvalue weighted by Gasteiger charge is -2.07. The zero-order chi connectivity index (χ0) is 16.2. The molecule has 0 N–H and O–H groups in total. The highest BCUT2D eigenvalue weighted by atomic mass is 32.2. The van der Waals surface area contributed by atoms with Crippen LogP contribution in [0.2, 0.25) is 0 Å². The maximum atomic E-state index is 12.2. The van der Waals surface area contributed by atoms with Gasteiger partial charge in [0.05, 0.1) is 17.2 Å². The standard InChI is InChI=1S/C17H13NO3S/c1-13(12-22(20,21)16-6-4-3-5-7-16)17(19)14-8-10-15(18-2)11-9-14/h3-11H,1,12H2. The van der Waals surface area contributed by atoms with Gasteiger partial charge in [0.2, 0.25) is 0 Å². The summed E-state index contributed by atoms with van der Waals surface area (Å²) in [4.78, 5) is 15.6. The number of carbonyl (C=O) groups is 1. The average molecular weight is 311 g/mol. The van der Waals surface area contributed by atoms with Gasteiger partial charge in [-0.05, 0) is 12.1 Å². The van der Waals surface area contributed by atoms with Crippen LogP contribution < -0.4 is 0 Å². The predicted octanol–water partition coefficient (Wildman–Crippen LogP) is 3.45. The van der Waals surface area contributed by atoms with Crippen molar-refractivity contribution in [2.75, 3.05) is 5.75 Å². The van der Waals surface area contributed by atoms with Crippen molar-refractivity contribution in [3.63, 3.8) is 0 Å². The number of rotatable bonds is 5. The summed E-state index contributed by atoms with van der Waals surface area (Å²) in [7, 11) is -3.59. The zero-order valence-electron chi connectivity index (χ0n) is 11.7. The van der Waals surface area contributed by atoms with Crippen LogP contribution in [0.1, 0.15) is 10.4 Å². The molecule has 0 radical (unpaired) electrons. The summed E-state index contributed by atoms with van der Waals surface area (Å²) in [5.41, 5.74) is 0.735. The van der Waals surface area contributed by atoms with Crippen LogP contribution >= 0.6 is 0 Å². The molecule has 0 aliphatic carbocycles. The van der Waals surface area contributed by atoms with E-state index in [1.165, 1.54) is 36.4 Å². The second-order valence-corrected chi connectivity index (χ2v) is 6.65. The molecule has 0 heterocycles. The molecular weight excluding hydrogens is 298 g/mol. The largest absolute Gasteiger partial charge is 0.289 e. The molecule has 0 aliphatic rings. The molecule has 0 bridgehead atoms. The van der Waals surface area contributed by atoms with Crippen LogP contribution in [0.3, 0.4) is 0 Å². The Morgan fingerprint density at radius 2 is 1.64 bits per heavy atom. The molecule has 0 fully saturated rings. The minimum absolute atomic E-state index is 0.000541. The van der Waals surface area contributed by atoms with Gasteiger partial charge in [-0.25, -0.2) is 13.3 Å². The molecule has 2 aromatic carbocycles. The average Bonchev–Trinajstić information content (AvgIpc) is 2.54. The van der Waals surface area contributed by atoms with Gasteiger partial charge >= 0.3 is 0 Å². The van der Waals surface area contributed by atoms with Crippen molar-refractivity contribution in [2.24, 2.45) is 0 Å². The van der Waals surface area contributed by atoms with Gasteiger partial charge in [0.15, 0.2) is 21.3 Å². The molecular formula is C17H13NO3S. The number of sulfone groups is 1. The summed E-state index contributed by atoms with van der Waals surface area (Å²) < 4.78 is 24.5. The van der Waals surface area contributed by atoms with Crippen molar-refractivity contribution < 1.29 is 13.2 Å². The first-order chi connectivity index (χ1) is 10.4. The number of benzene rings is 2. The van der Waals surface area contributed by atoms with Gasteiger partial charge in [0, 0.05) is 11.1 Å². The Labute approximate surface area is 129 Å². The normalized spacial score (nSPS) is 10.7. The fraction of sp³-hybridized carbons (Fsp3) is 0.0588. The molecule has 0 amide bonds. The highest BCUT2D eigenvalue weighted by molar-refractivity contribution is 7.91. The smallest absolute Gasteiger partial charge is 0.189 e. The lowest BCUT2D eigenvalue weighted by molar-refractivity contribution is 0.103. The second kappa shape index (κ2) is 6.37. The van der Waals surface area contributed by atoms with E-state index in [4.69, 9.17) is 6.57 Å². The Morgan fingerprint density at radius 3 is 2.18 bits per heavy atom. The van der Waals surface area contributed by atoms with E-state index >= 15 is 0 Å². The molecule has 5 heteroatoms. The third kappa shape index (κ3) is 3.48. The van der Waals surface area contributed by atoms with E-state index in [1.807, 2.05) is 0 Å². The third-order valence-corrected chi connectivity index (χ3v) is 4.77. The quantitative estimate of drug-likeness (QED) is 0.483. The summed E-state index contributed by atoms with van der Waals surface area (Å²) in [5.74, 6) is -0.864. The zero-order valence-corrected chi connectivity index (χ0v) is 12.5. The first-order valence-corrected chi connectivity index (χ1v) is 8.07. The number of hydrogen-bond donors (Lipinski definition) is 0. The van der Waals surface area contributed by atoms with Crippen molar-refractivity contribution in [1.29, 1.82) is 0 Å². The number of carbonyl (C=O) groups excluding carboxylic acids is 1. The Morgan fingerprint density at radius 1 is 1.05 bits per heavy atom. The fourth-order valence-corrected chi connectivity index (χ4v) is 3.23. The number of Topliss-reactive ketones (excluding diaryl/α,β-unsaturated/α-hetero) is 1. The Bertz CT molecular complexity index is 845. The molecule has 4 nitrogen and oxygen atoms in total. The Hall–Kier alpha value is -2.71. The van der Waals surface area contributed by atoms with E-state index in [1.54, 1.807) is 18.2 Å². The first-order valence-electron chi connectivity index (χ1n) is 6.42. The molecule has 110 valence electrons. The lowest BCUT2D eigenvalue weighted by Crippen LogP contribution is -2.14. The topological polar surface area (TPSA) is 55.6 Å². The Kier molecular flexibility index (Phi) is 4.54. The van der Waals surface area contributed by atoms with Crippen LogP contribution in [0.15, 0.2) is 71.6 Å². The van der Waals surface area contributed by atoms with E-state index in [2.05, 4.69) is 11.4 Å². The van der Waals surface area contributed by atoms with Crippen molar-refractivity contribution in [3.8, 4) is 0 Å². The minimum atomic E-state index is -3.59. The number of hydrogen-bond acceptors (Lipinski definition) is 3. The fourth-order valence-electron chi connectivity index (χ4n) is 1.90. The molecule has 0 aromatic heterocycles. The maximum absolute atomic E-state index is 12.2. The van der Waals surface area contributed by atoms with Crippen LogP contribution in [0.5, 0.6) is 0 Å².